The summed E-state index contributed by atoms with van der Waals surface area (Å²) < 4.78 is 11.3. The Balaban J connectivity index is 2.11. The second kappa shape index (κ2) is 5.99. The van der Waals surface area contributed by atoms with E-state index >= 15 is 0 Å². The zero-order valence-corrected chi connectivity index (χ0v) is 13.7. The summed E-state index contributed by atoms with van der Waals surface area (Å²) in [7, 11) is 0. The second-order valence-electron chi connectivity index (χ2n) is 6.41. The highest BCUT2D eigenvalue weighted by atomic mass is 35.5. The molecule has 120 valence electrons. The van der Waals surface area contributed by atoms with Crippen LogP contribution in [0, 0.1) is 5.92 Å². The molecule has 1 saturated carbocycles. The van der Waals surface area contributed by atoms with E-state index in [1.54, 1.807) is 0 Å². The van der Waals surface area contributed by atoms with Crippen molar-refractivity contribution in [2.75, 3.05) is 13.2 Å². The van der Waals surface area contributed by atoms with E-state index in [4.69, 9.17) is 21.1 Å². The highest BCUT2D eigenvalue weighted by molar-refractivity contribution is 6.33. The average molecular weight is 325 g/mol. The Morgan fingerprint density at radius 1 is 1.36 bits per heavy atom. The number of halogens is 1. The van der Waals surface area contributed by atoms with Gasteiger partial charge in [-0.2, -0.15) is 0 Å². The molecule has 2 aliphatic rings. The van der Waals surface area contributed by atoms with Crippen molar-refractivity contribution in [2.45, 2.75) is 44.9 Å². The standard InChI is InChI=1S/C17H21ClO4/c1-9(2)15-12(11(8-14(19)20)10-3-4-10)7-13-17(16(15)18)22-6-5-21-13/h7,9-11H,3-6,8H2,1-2H3,(H,19,20). The van der Waals surface area contributed by atoms with Crippen LogP contribution in [-0.4, -0.2) is 24.3 Å². The van der Waals surface area contributed by atoms with Crippen LogP contribution in [0.25, 0.3) is 0 Å². The average Bonchev–Trinajstić information content (AvgIpc) is 3.28. The maximum Gasteiger partial charge on any atom is 0.303 e. The van der Waals surface area contributed by atoms with Crippen LogP contribution in [-0.2, 0) is 4.79 Å². The molecule has 0 saturated heterocycles. The van der Waals surface area contributed by atoms with Gasteiger partial charge in [0.2, 0.25) is 0 Å². The molecule has 1 unspecified atom stereocenters. The van der Waals surface area contributed by atoms with Gasteiger partial charge in [0.15, 0.2) is 11.5 Å². The molecule has 1 aromatic carbocycles. The Morgan fingerprint density at radius 3 is 2.64 bits per heavy atom. The van der Waals surface area contributed by atoms with Gasteiger partial charge in [0.05, 0.1) is 11.4 Å². The molecule has 1 aromatic rings. The summed E-state index contributed by atoms with van der Waals surface area (Å²) in [6.07, 6.45) is 2.31. The number of carboxylic acids is 1. The lowest BCUT2D eigenvalue weighted by molar-refractivity contribution is -0.137. The lowest BCUT2D eigenvalue weighted by atomic mass is 9.83. The first-order valence-electron chi connectivity index (χ1n) is 7.82. The molecule has 1 heterocycles. The van der Waals surface area contributed by atoms with Gasteiger partial charge in [0.1, 0.15) is 13.2 Å². The summed E-state index contributed by atoms with van der Waals surface area (Å²) in [5.74, 6) is 1.12. The number of hydrogen-bond acceptors (Lipinski definition) is 3. The number of benzene rings is 1. The maximum absolute atomic E-state index is 11.3. The van der Waals surface area contributed by atoms with Crippen LogP contribution in [0.15, 0.2) is 6.07 Å². The Hall–Kier alpha value is -1.42. The number of rotatable bonds is 5. The lowest BCUT2D eigenvalue weighted by Crippen LogP contribution is -2.18. The van der Waals surface area contributed by atoms with E-state index in [2.05, 4.69) is 13.8 Å². The molecular formula is C17H21ClO4. The van der Waals surface area contributed by atoms with Crippen molar-refractivity contribution in [2.24, 2.45) is 5.92 Å². The first kappa shape index (κ1) is 15.5. The van der Waals surface area contributed by atoms with E-state index in [-0.39, 0.29) is 18.3 Å². The van der Waals surface area contributed by atoms with Gasteiger partial charge in [-0.25, -0.2) is 0 Å². The van der Waals surface area contributed by atoms with Gasteiger partial charge in [0, 0.05) is 0 Å². The van der Waals surface area contributed by atoms with Gasteiger partial charge in [-0.15, -0.1) is 0 Å². The van der Waals surface area contributed by atoms with Gasteiger partial charge in [-0.1, -0.05) is 25.4 Å². The molecule has 0 bridgehead atoms. The molecule has 3 rings (SSSR count). The fraction of sp³-hybridized carbons (Fsp3) is 0.588. The maximum atomic E-state index is 11.3. The highest BCUT2D eigenvalue weighted by Gasteiger charge is 2.37. The quantitative estimate of drug-likeness (QED) is 0.881. The van der Waals surface area contributed by atoms with E-state index in [1.807, 2.05) is 6.07 Å². The van der Waals surface area contributed by atoms with Crippen molar-refractivity contribution in [3.8, 4) is 11.5 Å². The Labute approximate surface area is 135 Å². The summed E-state index contributed by atoms with van der Waals surface area (Å²) in [5, 5.41) is 9.85. The van der Waals surface area contributed by atoms with Crippen LogP contribution >= 0.6 is 11.6 Å². The van der Waals surface area contributed by atoms with E-state index in [9.17, 15) is 9.90 Å². The molecule has 1 atom stereocenters. The van der Waals surface area contributed by atoms with Crippen molar-refractivity contribution in [3.05, 3.63) is 22.2 Å². The summed E-state index contributed by atoms with van der Waals surface area (Å²) in [6, 6.07) is 1.96. The van der Waals surface area contributed by atoms with Crippen LogP contribution in [0.3, 0.4) is 0 Å². The summed E-state index contributed by atoms with van der Waals surface area (Å²) in [5.41, 5.74) is 2.03. The molecule has 1 fully saturated rings. The number of carboxylic acid groups (broad SMARTS) is 1. The normalized spacial score (nSPS) is 18.4. The van der Waals surface area contributed by atoms with Gasteiger partial charge in [-0.3, -0.25) is 4.79 Å². The topological polar surface area (TPSA) is 55.8 Å². The summed E-state index contributed by atoms with van der Waals surface area (Å²) in [6.45, 7) is 5.14. The summed E-state index contributed by atoms with van der Waals surface area (Å²) >= 11 is 6.58. The van der Waals surface area contributed by atoms with Crippen molar-refractivity contribution in [3.63, 3.8) is 0 Å². The predicted molar refractivity (Wildman–Crippen MR) is 84.2 cm³/mol. The van der Waals surface area contributed by atoms with E-state index in [1.165, 1.54) is 0 Å². The fourth-order valence-electron chi connectivity index (χ4n) is 3.29. The minimum Gasteiger partial charge on any atom is -0.486 e. The van der Waals surface area contributed by atoms with Crippen LogP contribution in [0.5, 0.6) is 11.5 Å². The van der Waals surface area contributed by atoms with Gasteiger partial charge in [0.25, 0.3) is 0 Å². The number of hydrogen-bond donors (Lipinski definition) is 1. The third-order valence-corrected chi connectivity index (χ3v) is 4.78. The zero-order chi connectivity index (χ0) is 15.9. The molecule has 4 nitrogen and oxygen atoms in total. The van der Waals surface area contributed by atoms with Crippen LogP contribution in [0.4, 0.5) is 0 Å². The first-order valence-corrected chi connectivity index (χ1v) is 8.20. The minimum atomic E-state index is -0.766. The Bertz CT molecular complexity index is 593. The third kappa shape index (κ3) is 2.89. The van der Waals surface area contributed by atoms with Crippen molar-refractivity contribution in [1.82, 2.24) is 0 Å². The number of fused-ring (bicyclic) bond motifs is 1. The van der Waals surface area contributed by atoms with Crippen molar-refractivity contribution in [1.29, 1.82) is 0 Å². The van der Waals surface area contributed by atoms with Crippen LogP contribution < -0.4 is 9.47 Å². The van der Waals surface area contributed by atoms with E-state index in [0.717, 1.165) is 24.0 Å². The molecule has 1 N–H and O–H groups in total. The smallest absolute Gasteiger partial charge is 0.303 e. The highest BCUT2D eigenvalue weighted by Crippen LogP contribution is 2.51. The molecule has 0 amide bonds. The van der Waals surface area contributed by atoms with Crippen LogP contribution in [0.1, 0.15) is 56.1 Å². The Morgan fingerprint density at radius 2 is 2.05 bits per heavy atom. The SMILES string of the molecule is CC(C)c1c(C(CC(=O)O)C2CC2)cc2c(c1Cl)OCCO2. The number of aliphatic carboxylic acids is 1. The van der Waals surface area contributed by atoms with Crippen molar-refractivity contribution < 1.29 is 19.4 Å². The third-order valence-electron chi connectivity index (χ3n) is 4.41. The zero-order valence-electron chi connectivity index (χ0n) is 12.9. The molecule has 1 aliphatic heterocycles. The molecule has 0 spiro atoms. The second-order valence-corrected chi connectivity index (χ2v) is 6.79. The van der Waals surface area contributed by atoms with Gasteiger partial charge in [-0.05, 0) is 47.8 Å². The fourth-order valence-corrected chi connectivity index (χ4v) is 3.76. The first-order chi connectivity index (χ1) is 10.5. The molecule has 22 heavy (non-hydrogen) atoms. The van der Waals surface area contributed by atoms with Gasteiger partial charge >= 0.3 is 5.97 Å². The predicted octanol–water partition coefficient (Wildman–Crippen LogP) is 4.20. The molecular weight excluding hydrogens is 304 g/mol. The largest absolute Gasteiger partial charge is 0.486 e. The van der Waals surface area contributed by atoms with Crippen molar-refractivity contribution >= 4 is 17.6 Å². The van der Waals surface area contributed by atoms with E-state index < -0.39 is 5.97 Å². The van der Waals surface area contributed by atoms with Gasteiger partial charge < -0.3 is 14.6 Å². The summed E-state index contributed by atoms with van der Waals surface area (Å²) in [4.78, 5) is 11.3. The molecule has 0 aromatic heterocycles. The molecule has 0 radical (unpaired) electrons. The monoisotopic (exact) mass is 324 g/mol. The minimum absolute atomic E-state index is 0.00299. The lowest BCUT2D eigenvalue weighted by Gasteiger charge is -2.27. The number of carbonyl (C=O) groups is 1. The Kier molecular flexibility index (Phi) is 4.22. The molecule has 1 aliphatic carbocycles. The number of ether oxygens (including phenoxy) is 2. The van der Waals surface area contributed by atoms with E-state index in [0.29, 0.717) is 35.7 Å². The van der Waals surface area contributed by atoms with Crippen LogP contribution in [0.2, 0.25) is 5.02 Å². The molecule has 5 heteroatoms.